The highest BCUT2D eigenvalue weighted by molar-refractivity contribution is 5.75. The van der Waals surface area contributed by atoms with E-state index in [0.29, 0.717) is 6.54 Å². The van der Waals surface area contributed by atoms with Crippen LogP contribution in [-0.2, 0) is 9.53 Å². The van der Waals surface area contributed by atoms with Crippen molar-refractivity contribution >= 4 is 5.97 Å². The topological polar surface area (TPSA) is 49.8 Å². The number of carboxylic acid groups (broad SMARTS) is 1. The zero-order valence-electron chi connectivity index (χ0n) is 9.07. The van der Waals surface area contributed by atoms with Crippen molar-refractivity contribution in [3.8, 4) is 0 Å². The van der Waals surface area contributed by atoms with Crippen molar-refractivity contribution in [3.05, 3.63) is 0 Å². The second-order valence-corrected chi connectivity index (χ2v) is 4.68. The van der Waals surface area contributed by atoms with Gasteiger partial charge in [0.2, 0.25) is 0 Å². The molecule has 0 atom stereocenters. The van der Waals surface area contributed by atoms with Crippen LogP contribution in [0.3, 0.4) is 0 Å². The quantitative estimate of drug-likeness (QED) is 0.758. The highest BCUT2D eigenvalue weighted by atomic mass is 16.5. The molecule has 0 aromatic carbocycles. The summed E-state index contributed by atoms with van der Waals surface area (Å²) in [5, 5.41) is 9.34. The molecule has 86 valence electrons. The number of ether oxygens (including phenoxy) is 1. The zero-order valence-corrected chi connectivity index (χ0v) is 9.07. The minimum Gasteiger partial charge on any atom is -0.481 e. The molecule has 0 spiro atoms. The van der Waals surface area contributed by atoms with E-state index in [-0.39, 0.29) is 0 Å². The minimum absolute atomic E-state index is 0.461. The Bertz CT molecular complexity index is 230. The Morgan fingerprint density at radius 1 is 1.27 bits per heavy atom. The van der Waals surface area contributed by atoms with Crippen molar-refractivity contribution < 1.29 is 14.6 Å². The maximum atomic E-state index is 11.3. The Morgan fingerprint density at radius 2 is 1.87 bits per heavy atom. The van der Waals surface area contributed by atoms with Gasteiger partial charge in [-0.2, -0.15) is 0 Å². The second-order valence-electron chi connectivity index (χ2n) is 4.68. The lowest BCUT2D eigenvalue weighted by molar-refractivity contribution is -0.150. The minimum atomic E-state index is -0.605. The molecule has 4 nitrogen and oxygen atoms in total. The lowest BCUT2D eigenvalue weighted by atomic mass is 9.85. The smallest absolute Gasteiger partial charge is 0.310 e. The molecule has 0 unspecified atom stereocenters. The summed E-state index contributed by atoms with van der Waals surface area (Å²) in [6, 6.07) is 0. The zero-order chi connectivity index (χ0) is 10.7. The molecule has 0 aromatic heterocycles. The molecule has 1 N–H and O–H groups in total. The largest absolute Gasteiger partial charge is 0.481 e. The van der Waals surface area contributed by atoms with E-state index < -0.39 is 11.4 Å². The standard InChI is InChI=1S/C11H19NO3/c13-10(14)11(3-1-2-4-11)9-12-5-7-15-8-6-12/h1-9H2,(H,13,14). The van der Waals surface area contributed by atoms with E-state index in [1.807, 2.05) is 0 Å². The summed E-state index contributed by atoms with van der Waals surface area (Å²) in [6.45, 7) is 3.97. The molecule has 2 aliphatic rings. The van der Waals surface area contributed by atoms with Crippen molar-refractivity contribution in [3.63, 3.8) is 0 Å². The highest BCUT2D eigenvalue weighted by Gasteiger charge is 2.42. The van der Waals surface area contributed by atoms with Crippen LogP contribution in [0.25, 0.3) is 0 Å². The van der Waals surface area contributed by atoms with Gasteiger partial charge in [-0.05, 0) is 12.8 Å². The monoisotopic (exact) mass is 213 g/mol. The lowest BCUT2D eigenvalue weighted by Crippen LogP contribution is -2.46. The average molecular weight is 213 g/mol. The van der Waals surface area contributed by atoms with Gasteiger partial charge in [0.05, 0.1) is 18.6 Å². The van der Waals surface area contributed by atoms with Crippen molar-refractivity contribution in [1.82, 2.24) is 4.90 Å². The number of hydrogen-bond acceptors (Lipinski definition) is 3. The van der Waals surface area contributed by atoms with Gasteiger partial charge in [-0.3, -0.25) is 9.69 Å². The van der Waals surface area contributed by atoms with Crippen molar-refractivity contribution in [2.24, 2.45) is 5.41 Å². The van der Waals surface area contributed by atoms with E-state index in [1.165, 1.54) is 0 Å². The third-order valence-corrected chi connectivity index (χ3v) is 3.64. The third-order valence-electron chi connectivity index (χ3n) is 3.64. The predicted octanol–water partition coefficient (Wildman–Crippen LogP) is 0.964. The maximum absolute atomic E-state index is 11.3. The first-order chi connectivity index (χ1) is 7.23. The van der Waals surface area contributed by atoms with Gasteiger partial charge in [0, 0.05) is 19.6 Å². The molecule has 1 aliphatic carbocycles. The van der Waals surface area contributed by atoms with Crippen LogP contribution < -0.4 is 0 Å². The van der Waals surface area contributed by atoms with Crippen LogP contribution in [-0.4, -0.2) is 48.8 Å². The Kier molecular flexibility index (Phi) is 3.26. The van der Waals surface area contributed by atoms with E-state index >= 15 is 0 Å². The van der Waals surface area contributed by atoms with Crippen molar-refractivity contribution in [1.29, 1.82) is 0 Å². The number of carbonyl (C=O) groups is 1. The molecule has 0 amide bonds. The molecule has 15 heavy (non-hydrogen) atoms. The van der Waals surface area contributed by atoms with Crippen LogP contribution in [0.5, 0.6) is 0 Å². The number of rotatable bonds is 3. The van der Waals surface area contributed by atoms with Gasteiger partial charge in [-0.25, -0.2) is 0 Å². The van der Waals surface area contributed by atoms with Gasteiger partial charge < -0.3 is 9.84 Å². The fourth-order valence-corrected chi connectivity index (χ4v) is 2.68. The van der Waals surface area contributed by atoms with Crippen LogP contribution in [0.4, 0.5) is 0 Å². The van der Waals surface area contributed by atoms with Crippen LogP contribution in [0.15, 0.2) is 0 Å². The molecule has 2 rings (SSSR count). The number of morpholine rings is 1. The highest BCUT2D eigenvalue weighted by Crippen LogP contribution is 2.39. The number of nitrogens with zero attached hydrogens (tertiary/aromatic N) is 1. The van der Waals surface area contributed by atoms with E-state index in [0.717, 1.165) is 52.0 Å². The first-order valence-electron chi connectivity index (χ1n) is 5.76. The number of carboxylic acids is 1. The first kappa shape index (κ1) is 10.9. The SMILES string of the molecule is O=C(O)C1(CN2CCOCC2)CCCC1. The Labute approximate surface area is 90.2 Å². The fourth-order valence-electron chi connectivity index (χ4n) is 2.68. The van der Waals surface area contributed by atoms with E-state index in [1.54, 1.807) is 0 Å². The molecule has 0 aromatic rings. The number of aliphatic carboxylic acids is 1. The van der Waals surface area contributed by atoms with Gasteiger partial charge in [0.15, 0.2) is 0 Å². The van der Waals surface area contributed by atoms with E-state index in [2.05, 4.69) is 4.90 Å². The summed E-state index contributed by atoms with van der Waals surface area (Å²) in [5.41, 5.74) is -0.461. The van der Waals surface area contributed by atoms with Crippen LogP contribution >= 0.6 is 0 Å². The summed E-state index contributed by atoms with van der Waals surface area (Å²) in [6.07, 6.45) is 3.83. The molecule has 0 radical (unpaired) electrons. The summed E-state index contributed by atoms with van der Waals surface area (Å²) >= 11 is 0. The van der Waals surface area contributed by atoms with Gasteiger partial charge in [-0.15, -0.1) is 0 Å². The van der Waals surface area contributed by atoms with Crippen LogP contribution in [0.1, 0.15) is 25.7 Å². The lowest BCUT2D eigenvalue weighted by Gasteiger charge is -2.34. The summed E-state index contributed by atoms with van der Waals surface area (Å²) < 4.78 is 5.27. The first-order valence-corrected chi connectivity index (χ1v) is 5.76. The average Bonchev–Trinajstić information content (AvgIpc) is 2.69. The molecular formula is C11H19NO3. The van der Waals surface area contributed by atoms with E-state index in [9.17, 15) is 9.90 Å². The fraction of sp³-hybridized carbons (Fsp3) is 0.909. The van der Waals surface area contributed by atoms with Crippen LogP contribution in [0, 0.1) is 5.41 Å². The van der Waals surface area contributed by atoms with Crippen molar-refractivity contribution in [2.75, 3.05) is 32.8 Å². The molecule has 1 saturated heterocycles. The molecule has 4 heteroatoms. The Balaban J connectivity index is 1.96. The molecule has 1 aliphatic heterocycles. The normalized spacial score (nSPS) is 26.7. The van der Waals surface area contributed by atoms with Crippen molar-refractivity contribution in [2.45, 2.75) is 25.7 Å². The maximum Gasteiger partial charge on any atom is 0.310 e. The summed E-state index contributed by atoms with van der Waals surface area (Å²) in [4.78, 5) is 13.6. The molecular weight excluding hydrogens is 194 g/mol. The molecule has 1 heterocycles. The Morgan fingerprint density at radius 3 is 2.40 bits per heavy atom. The predicted molar refractivity (Wildman–Crippen MR) is 55.8 cm³/mol. The summed E-state index contributed by atoms with van der Waals surface area (Å²) in [7, 11) is 0. The van der Waals surface area contributed by atoms with Gasteiger partial charge in [0.25, 0.3) is 0 Å². The van der Waals surface area contributed by atoms with Crippen LogP contribution in [0.2, 0.25) is 0 Å². The van der Waals surface area contributed by atoms with Gasteiger partial charge >= 0.3 is 5.97 Å². The Hall–Kier alpha value is -0.610. The number of hydrogen-bond donors (Lipinski definition) is 1. The molecule has 1 saturated carbocycles. The summed E-state index contributed by atoms with van der Waals surface area (Å²) in [5.74, 6) is -0.605. The second kappa shape index (κ2) is 4.49. The van der Waals surface area contributed by atoms with Gasteiger partial charge in [-0.1, -0.05) is 12.8 Å². The molecule has 2 fully saturated rings. The molecule has 0 bridgehead atoms. The van der Waals surface area contributed by atoms with Gasteiger partial charge in [0.1, 0.15) is 0 Å². The van der Waals surface area contributed by atoms with E-state index in [4.69, 9.17) is 4.74 Å². The third kappa shape index (κ3) is 2.32.